The molecule has 0 unspecified atom stereocenters. The van der Waals surface area contributed by atoms with Gasteiger partial charge < -0.3 is 9.47 Å². The highest BCUT2D eigenvalue weighted by atomic mass is 35.5. The third kappa shape index (κ3) is 4.17. The van der Waals surface area contributed by atoms with E-state index in [4.69, 9.17) is 21.1 Å². The van der Waals surface area contributed by atoms with E-state index in [0.717, 1.165) is 41.5 Å². The zero-order valence-electron chi connectivity index (χ0n) is 14.9. The van der Waals surface area contributed by atoms with Crippen molar-refractivity contribution < 1.29 is 14.3 Å². The van der Waals surface area contributed by atoms with Crippen LogP contribution >= 0.6 is 11.6 Å². The number of hydrogen-bond donors (Lipinski definition) is 0. The van der Waals surface area contributed by atoms with E-state index in [-0.39, 0.29) is 5.78 Å². The Balaban J connectivity index is 1.93. The summed E-state index contributed by atoms with van der Waals surface area (Å²) in [5.41, 5.74) is 3.36. The zero-order valence-corrected chi connectivity index (χ0v) is 15.7. The van der Waals surface area contributed by atoms with Gasteiger partial charge >= 0.3 is 0 Å². The van der Waals surface area contributed by atoms with Crippen LogP contribution in [0.15, 0.2) is 53.6 Å². The molecule has 0 aliphatic heterocycles. The Morgan fingerprint density at radius 1 is 0.923 bits per heavy atom. The van der Waals surface area contributed by atoms with Crippen LogP contribution in [-0.4, -0.2) is 20.0 Å². The fourth-order valence-electron chi connectivity index (χ4n) is 3.07. The van der Waals surface area contributed by atoms with Crippen molar-refractivity contribution in [1.82, 2.24) is 0 Å². The quantitative estimate of drug-likeness (QED) is 0.661. The lowest BCUT2D eigenvalue weighted by Crippen LogP contribution is -2.12. The maximum Gasteiger partial charge on any atom is 0.185 e. The minimum Gasteiger partial charge on any atom is -0.497 e. The van der Waals surface area contributed by atoms with Crippen LogP contribution in [0.2, 0.25) is 5.02 Å². The second-order valence-electron chi connectivity index (χ2n) is 6.19. The van der Waals surface area contributed by atoms with Gasteiger partial charge in [-0.05, 0) is 60.7 Å². The van der Waals surface area contributed by atoms with Crippen molar-refractivity contribution in [2.45, 2.75) is 19.3 Å². The molecule has 0 saturated heterocycles. The number of halogens is 1. The number of rotatable bonds is 4. The van der Waals surface area contributed by atoms with Crippen LogP contribution in [-0.2, 0) is 4.79 Å². The molecule has 0 radical (unpaired) electrons. The molecule has 2 aromatic carbocycles. The van der Waals surface area contributed by atoms with Crippen LogP contribution in [0.5, 0.6) is 11.5 Å². The molecule has 0 N–H and O–H groups in total. The predicted molar refractivity (Wildman–Crippen MR) is 106 cm³/mol. The van der Waals surface area contributed by atoms with Gasteiger partial charge in [0.15, 0.2) is 5.78 Å². The highest BCUT2D eigenvalue weighted by Crippen LogP contribution is 2.31. The van der Waals surface area contributed by atoms with Crippen molar-refractivity contribution in [3.05, 3.63) is 69.8 Å². The molecule has 134 valence electrons. The van der Waals surface area contributed by atoms with Gasteiger partial charge in [0, 0.05) is 22.2 Å². The number of carbonyl (C=O) groups excluding carboxylic acids is 1. The Morgan fingerprint density at radius 3 is 2.15 bits per heavy atom. The summed E-state index contributed by atoms with van der Waals surface area (Å²) in [5.74, 6) is 1.48. The third-order valence-electron chi connectivity index (χ3n) is 4.43. The first-order valence-electron chi connectivity index (χ1n) is 8.54. The lowest BCUT2D eigenvalue weighted by atomic mass is 9.87. The number of hydrogen-bond acceptors (Lipinski definition) is 3. The fraction of sp³-hybridized carbons (Fsp3) is 0.227. The van der Waals surface area contributed by atoms with Crippen molar-refractivity contribution >= 4 is 29.5 Å². The summed E-state index contributed by atoms with van der Waals surface area (Å²) >= 11 is 6.23. The lowest BCUT2D eigenvalue weighted by molar-refractivity contribution is -0.112. The minimum atomic E-state index is 0.0814. The third-order valence-corrected chi connectivity index (χ3v) is 4.77. The van der Waals surface area contributed by atoms with Crippen molar-refractivity contribution in [3.63, 3.8) is 0 Å². The smallest absolute Gasteiger partial charge is 0.185 e. The first kappa shape index (κ1) is 18.3. The molecule has 0 amide bonds. The van der Waals surface area contributed by atoms with Crippen molar-refractivity contribution in [2.24, 2.45) is 0 Å². The van der Waals surface area contributed by atoms with Gasteiger partial charge in [-0.2, -0.15) is 0 Å². The second-order valence-corrected chi connectivity index (χ2v) is 6.60. The lowest BCUT2D eigenvalue weighted by Gasteiger charge is -2.17. The number of allylic oxidation sites excluding steroid dienone is 2. The maximum atomic E-state index is 12.9. The molecule has 1 aliphatic carbocycles. The zero-order chi connectivity index (χ0) is 18.5. The van der Waals surface area contributed by atoms with Gasteiger partial charge in [0.05, 0.1) is 14.2 Å². The molecule has 1 aliphatic rings. The summed E-state index contributed by atoms with van der Waals surface area (Å²) < 4.78 is 10.6. The molecular formula is C22H21ClO3. The van der Waals surface area contributed by atoms with Gasteiger partial charge in [-0.1, -0.05) is 29.8 Å². The Hall–Kier alpha value is -2.52. The molecule has 2 aromatic rings. The number of carbonyl (C=O) groups is 1. The number of benzene rings is 2. The highest BCUT2D eigenvalue weighted by molar-refractivity contribution is 6.32. The van der Waals surface area contributed by atoms with Gasteiger partial charge in [0.1, 0.15) is 11.5 Å². The monoisotopic (exact) mass is 368 g/mol. The van der Waals surface area contributed by atoms with E-state index in [1.54, 1.807) is 14.2 Å². The normalized spacial score (nSPS) is 17.6. The molecule has 3 rings (SSSR count). The van der Waals surface area contributed by atoms with E-state index in [2.05, 4.69) is 0 Å². The number of Topliss-reactive ketones (excluding diaryl/α,β-unsaturated/α-hetero) is 1. The van der Waals surface area contributed by atoms with Gasteiger partial charge in [-0.25, -0.2) is 0 Å². The maximum absolute atomic E-state index is 12.9. The first-order chi connectivity index (χ1) is 12.6. The SMILES string of the molecule is COc1cc(/C=C2/CCC/C(=C\c3ccccc3Cl)C2=O)cc(OC)c1. The molecule has 0 spiro atoms. The number of ether oxygens (including phenoxy) is 2. The summed E-state index contributed by atoms with van der Waals surface area (Å²) in [7, 11) is 3.23. The van der Waals surface area contributed by atoms with Gasteiger partial charge in [-0.15, -0.1) is 0 Å². The van der Waals surface area contributed by atoms with Gasteiger partial charge in [0.2, 0.25) is 0 Å². The summed E-state index contributed by atoms with van der Waals surface area (Å²) in [6.07, 6.45) is 6.30. The topological polar surface area (TPSA) is 35.5 Å². The Bertz CT molecular complexity index is 858. The molecule has 4 heteroatoms. The number of ketones is 1. The van der Waals surface area contributed by atoms with E-state index >= 15 is 0 Å². The van der Waals surface area contributed by atoms with Crippen molar-refractivity contribution in [2.75, 3.05) is 14.2 Å². The summed E-state index contributed by atoms with van der Waals surface area (Å²) in [4.78, 5) is 12.9. The standard InChI is InChI=1S/C22H21ClO3/c1-25-19-11-15(12-20(14-19)26-2)10-17-7-5-8-18(22(17)24)13-16-6-3-4-9-21(16)23/h3-4,6,9-14H,5,7-8H2,1-2H3/b17-10-,18-13+. The van der Waals surface area contributed by atoms with Crippen LogP contribution in [0, 0.1) is 0 Å². The van der Waals surface area contributed by atoms with Crippen LogP contribution in [0.25, 0.3) is 12.2 Å². The van der Waals surface area contributed by atoms with E-state index in [1.165, 1.54) is 0 Å². The average Bonchev–Trinajstić information content (AvgIpc) is 2.66. The Labute approximate surface area is 158 Å². The molecule has 0 heterocycles. The number of methoxy groups -OCH3 is 2. The van der Waals surface area contributed by atoms with Crippen LogP contribution in [0.1, 0.15) is 30.4 Å². The van der Waals surface area contributed by atoms with E-state index in [1.807, 2.05) is 54.6 Å². The Morgan fingerprint density at radius 2 is 1.54 bits per heavy atom. The van der Waals surface area contributed by atoms with E-state index < -0.39 is 0 Å². The van der Waals surface area contributed by atoms with Crippen molar-refractivity contribution in [3.8, 4) is 11.5 Å². The fourth-order valence-corrected chi connectivity index (χ4v) is 3.26. The largest absolute Gasteiger partial charge is 0.497 e. The Kier molecular flexibility index (Phi) is 5.79. The molecule has 0 bridgehead atoms. The van der Waals surface area contributed by atoms with E-state index in [0.29, 0.717) is 16.5 Å². The molecule has 1 fully saturated rings. The minimum absolute atomic E-state index is 0.0814. The summed E-state index contributed by atoms with van der Waals surface area (Å²) in [5, 5.41) is 0.654. The second kappa shape index (κ2) is 8.24. The van der Waals surface area contributed by atoms with Crippen molar-refractivity contribution in [1.29, 1.82) is 0 Å². The molecule has 3 nitrogen and oxygen atoms in total. The average molecular weight is 369 g/mol. The summed E-state index contributed by atoms with van der Waals surface area (Å²) in [6.45, 7) is 0. The molecule has 0 atom stereocenters. The molecule has 1 saturated carbocycles. The van der Waals surface area contributed by atoms with Crippen LogP contribution in [0.3, 0.4) is 0 Å². The predicted octanol–water partition coefficient (Wildman–Crippen LogP) is 5.58. The van der Waals surface area contributed by atoms with E-state index in [9.17, 15) is 4.79 Å². The highest BCUT2D eigenvalue weighted by Gasteiger charge is 2.21. The van der Waals surface area contributed by atoms with Crippen LogP contribution in [0.4, 0.5) is 0 Å². The molecular weight excluding hydrogens is 348 g/mol. The van der Waals surface area contributed by atoms with Gasteiger partial charge in [0.25, 0.3) is 0 Å². The molecule has 0 aromatic heterocycles. The van der Waals surface area contributed by atoms with Crippen LogP contribution < -0.4 is 9.47 Å². The summed E-state index contributed by atoms with van der Waals surface area (Å²) in [6, 6.07) is 13.2. The first-order valence-corrected chi connectivity index (χ1v) is 8.92. The molecule has 26 heavy (non-hydrogen) atoms. The van der Waals surface area contributed by atoms with Gasteiger partial charge in [-0.3, -0.25) is 4.79 Å².